The van der Waals surface area contributed by atoms with Gasteiger partial charge in [-0.15, -0.1) is 23.5 Å². The molecule has 3 nitrogen and oxygen atoms in total. The summed E-state index contributed by atoms with van der Waals surface area (Å²) in [6, 6.07) is 16.4. The molecular weight excluding hydrogens is 362 g/mol. The Labute approximate surface area is 165 Å². The molecule has 26 heavy (non-hydrogen) atoms. The van der Waals surface area contributed by atoms with Gasteiger partial charge in [-0.3, -0.25) is 0 Å². The van der Waals surface area contributed by atoms with Crippen LogP contribution < -0.4 is 5.32 Å². The number of hydrogen-bond donors (Lipinski definition) is 1. The van der Waals surface area contributed by atoms with Crippen molar-refractivity contribution in [1.82, 2.24) is 0 Å². The van der Waals surface area contributed by atoms with E-state index in [0.29, 0.717) is 6.61 Å². The number of thioether (sulfide) groups is 2. The van der Waals surface area contributed by atoms with Gasteiger partial charge in [0, 0.05) is 18.3 Å². The molecule has 0 aromatic heterocycles. The number of ether oxygens (including phenoxy) is 1. The van der Waals surface area contributed by atoms with Crippen LogP contribution in [0.5, 0.6) is 0 Å². The molecule has 0 aliphatic rings. The molecule has 0 atom stereocenters. The van der Waals surface area contributed by atoms with Crippen LogP contribution in [-0.4, -0.2) is 31.1 Å². The van der Waals surface area contributed by atoms with Crippen LogP contribution in [0.3, 0.4) is 0 Å². The van der Waals surface area contributed by atoms with E-state index in [-0.39, 0.29) is 5.97 Å². The summed E-state index contributed by atoms with van der Waals surface area (Å²) in [5.74, 6) is 1.48. The molecular formula is C21H27NO2S2. The first-order valence-corrected chi connectivity index (χ1v) is 10.9. The smallest absolute Gasteiger partial charge is 0.337 e. The Kier molecular flexibility index (Phi) is 7.91. The molecule has 2 rings (SSSR count). The fraction of sp³-hybridized carbons (Fsp3) is 0.381. The van der Waals surface area contributed by atoms with Gasteiger partial charge in [-0.25, -0.2) is 4.79 Å². The first-order valence-electron chi connectivity index (χ1n) is 8.96. The summed E-state index contributed by atoms with van der Waals surface area (Å²) in [6.07, 6.45) is 0. The van der Waals surface area contributed by atoms with E-state index in [1.54, 1.807) is 23.5 Å². The van der Waals surface area contributed by atoms with E-state index in [1.165, 1.54) is 0 Å². The summed E-state index contributed by atoms with van der Waals surface area (Å²) in [7, 11) is 1.92. The Balaban J connectivity index is 2.71. The first kappa shape index (κ1) is 20.7. The van der Waals surface area contributed by atoms with Gasteiger partial charge < -0.3 is 10.1 Å². The number of hydrogen-bond acceptors (Lipinski definition) is 5. The van der Waals surface area contributed by atoms with E-state index in [1.807, 2.05) is 38.2 Å². The summed E-state index contributed by atoms with van der Waals surface area (Å²) in [6.45, 7) is 6.40. The lowest BCUT2D eigenvalue weighted by Gasteiger charge is -2.32. The highest BCUT2D eigenvalue weighted by atomic mass is 32.2. The van der Waals surface area contributed by atoms with E-state index in [0.717, 1.165) is 33.9 Å². The maximum absolute atomic E-state index is 13.1. The molecule has 0 bridgehead atoms. The van der Waals surface area contributed by atoms with Gasteiger partial charge in [0.15, 0.2) is 4.08 Å². The van der Waals surface area contributed by atoms with Crippen LogP contribution >= 0.6 is 23.5 Å². The molecule has 0 heterocycles. The molecule has 1 N–H and O–H groups in total. The molecule has 0 saturated carbocycles. The van der Waals surface area contributed by atoms with E-state index in [2.05, 4.69) is 43.4 Å². The molecule has 0 fully saturated rings. The molecule has 0 radical (unpaired) electrons. The van der Waals surface area contributed by atoms with Crippen molar-refractivity contribution in [3.8, 4) is 11.1 Å². The highest BCUT2D eigenvalue weighted by Crippen LogP contribution is 2.51. The van der Waals surface area contributed by atoms with E-state index < -0.39 is 4.08 Å². The highest BCUT2D eigenvalue weighted by molar-refractivity contribution is 8.18. The van der Waals surface area contributed by atoms with Gasteiger partial charge in [-0.2, -0.15) is 0 Å². The van der Waals surface area contributed by atoms with Crippen LogP contribution in [0.4, 0.5) is 5.69 Å². The standard InChI is InChI=1S/C21H27NO2S2/c1-5-24-20(23)21(25-6-2,26-7-3)18-14-10-8-12-16(18)17-13-9-11-15-19(17)22-4/h8-15,22H,5-7H2,1-4H3. The third-order valence-electron chi connectivity index (χ3n) is 4.01. The second-order valence-corrected chi connectivity index (χ2v) is 8.76. The Bertz CT molecular complexity index is 727. The molecule has 2 aromatic rings. The summed E-state index contributed by atoms with van der Waals surface area (Å²) in [5.41, 5.74) is 4.20. The van der Waals surface area contributed by atoms with Crippen molar-refractivity contribution < 1.29 is 9.53 Å². The number of rotatable bonds is 9. The van der Waals surface area contributed by atoms with Crippen molar-refractivity contribution in [2.75, 3.05) is 30.5 Å². The zero-order valence-corrected chi connectivity index (χ0v) is 17.5. The number of benzene rings is 2. The van der Waals surface area contributed by atoms with Crippen LogP contribution in [0.15, 0.2) is 48.5 Å². The lowest BCUT2D eigenvalue weighted by Crippen LogP contribution is -2.32. The topological polar surface area (TPSA) is 38.3 Å². The van der Waals surface area contributed by atoms with Crippen molar-refractivity contribution in [3.05, 3.63) is 54.1 Å². The predicted molar refractivity (Wildman–Crippen MR) is 116 cm³/mol. The lowest BCUT2D eigenvalue weighted by atomic mass is 9.95. The number of carbonyl (C=O) groups excluding carboxylic acids is 1. The maximum atomic E-state index is 13.1. The molecule has 5 heteroatoms. The third-order valence-corrected chi connectivity index (χ3v) is 6.88. The van der Waals surface area contributed by atoms with Gasteiger partial charge in [0.25, 0.3) is 0 Å². The molecule has 0 unspecified atom stereocenters. The van der Waals surface area contributed by atoms with Crippen LogP contribution in [0, 0.1) is 0 Å². The first-order chi connectivity index (χ1) is 12.6. The van der Waals surface area contributed by atoms with Crippen LogP contribution in [0.2, 0.25) is 0 Å². The van der Waals surface area contributed by atoms with Crippen molar-refractivity contribution in [2.24, 2.45) is 0 Å². The Morgan fingerprint density at radius 1 is 0.962 bits per heavy atom. The number of esters is 1. The van der Waals surface area contributed by atoms with Gasteiger partial charge in [-0.1, -0.05) is 56.3 Å². The van der Waals surface area contributed by atoms with Crippen LogP contribution in [0.25, 0.3) is 11.1 Å². The van der Waals surface area contributed by atoms with Gasteiger partial charge in [0.2, 0.25) is 0 Å². The SMILES string of the molecule is CCOC(=O)C(SCC)(SCC)c1ccccc1-c1ccccc1NC. The summed E-state index contributed by atoms with van der Waals surface area (Å²) in [4.78, 5) is 13.1. The van der Waals surface area contributed by atoms with E-state index in [4.69, 9.17) is 4.74 Å². The number of para-hydroxylation sites is 1. The summed E-state index contributed by atoms with van der Waals surface area (Å²) < 4.78 is 4.75. The van der Waals surface area contributed by atoms with Gasteiger partial charge in [0.05, 0.1) is 6.61 Å². The average Bonchev–Trinajstić information content (AvgIpc) is 2.68. The van der Waals surface area contributed by atoms with Crippen LogP contribution in [-0.2, 0) is 13.6 Å². The molecule has 0 amide bonds. The second-order valence-electron chi connectivity index (χ2n) is 5.54. The van der Waals surface area contributed by atoms with E-state index in [9.17, 15) is 4.79 Å². The molecule has 0 spiro atoms. The molecule has 140 valence electrons. The van der Waals surface area contributed by atoms with E-state index >= 15 is 0 Å². The highest BCUT2D eigenvalue weighted by Gasteiger charge is 2.44. The predicted octanol–water partition coefficient (Wildman–Crippen LogP) is 5.62. The molecule has 0 aliphatic heterocycles. The van der Waals surface area contributed by atoms with Gasteiger partial charge in [-0.05, 0) is 35.6 Å². The normalized spacial score (nSPS) is 11.2. The quantitative estimate of drug-likeness (QED) is 0.445. The zero-order valence-electron chi connectivity index (χ0n) is 15.9. The minimum absolute atomic E-state index is 0.173. The van der Waals surface area contributed by atoms with Crippen molar-refractivity contribution >= 4 is 35.2 Å². The molecule has 0 saturated heterocycles. The minimum atomic E-state index is -0.767. The summed E-state index contributed by atoms with van der Waals surface area (Å²) in [5, 5.41) is 3.26. The second kappa shape index (κ2) is 9.93. The minimum Gasteiger partial charge on any atom is -0.464 e. The van der Waals surface area contributed by atoms with Crippen molar-refractivity contribution in [1.29, 1.82) is 0 Å². The van der Waals surface area contributed by atoms with Gasteiger partial charge in [0.1, 0.15) is 0 Å². The Morgan fingerprint density at radius 3 is 2.12 bits per heavy atom. The van der Waals surface area contributed by atoms with Crippen molar-refractivity contribution in [3.63, 3.8) is 0 Å². The fourth-order valence-corrected chi connectivity index (χ4v) is 5.87. The summed E-state index contributed by atoms with van der Waals surface area (Å²) >= 11 is 3.28. The molecule has 2 aromatic carbocycles. The fourth-order valence-electron chi connectivity index (χ4n) is 3.00. The number of carbonyl (C=O) groups is 1. The average molecular weight is 390 g/mol. The van der Waals surface area contributed by atoms with Crippen molar-refractivity contribution in [2.45, 2.75) is 24.9 Å². The largest absolute Gasteiger partial charge is 0.464 e. The monoisotopic (exact) mass is 389 g/mol. The zero-order chi connectivity index (χ0) is 19.0. The maximum Gasteiger partial charge on any atom is 0.337 e. The Hall–Kier alpha value is -1.59. The number of anilines is 1. The Morgan fingerprint density at radius 2 is 1.54 bits per heavy atom. The van der Waals surface area contributed by atoms with Crippen LogP contribution in [0.1, 0.15) is 26.3 Å². The third kappa shape index (κ3) is 4.21. The number of nitrogens with one attached hydrogen (secondary N) is 1. The van der Waals surface area contributed by atoms with Gasteiger partial charge >= 0.3 is 5.97 Å². The lowest BCUT2D eigenvalue weighted by molar-refractivity contribution is -0.143. The molecule has 0 aliphatic carbocycles.